The molecule has 1 aromatic carbocycles. The first kappa shape index (κ1) is 15.6. The van der Waals surface area contributed by atoms with E-state index in [1.807, 2.05) is 30.3 Å². The van der Waals surface area contributed by atoms with Crippen molar-refractivity contribution < 1.29 is 23.8 Å². The molecule has 1 heterocycles. The molecule has 1 aromatic heterocycles. The van der Waals surface area contributed by atoms with Crippen LogP contribution in [0.4, 0.5) is 15.0 Å². The number of nitrogens with one attached hydrogen (secondary N) is 1. The fourth-order valence-electron chi connectivity index (χ4n) is 1.50. The minimum atomic E-state index is -0.930. The van der Waals surface area contributed by atoms with Crippen LogP contribution in [0, 0.1) is 5.82 Å². The van der Waals surface area contributed by atoms with E-state index in [2.05, 4.69) is 20.0 Å². The molecular weight excluding hydrogens is 293 g/mol. The van der Waals surface area contributed by atoms with Gasteiger partial charge in [-0.25, -0.2) is 14.2 Å². The van der Waals surface area contributed by atoms with Gasteiger partial charge < -0.3 is 14.6 Å². The first-order chi connectivity index (χ1) is 10.7. The third kappa shape index (κ3) is 4.67. The molecule has 0 fully saturated rings. The minimum Gasteiger partial charge on any atom is -0.459 e. The summed E-state index contributed by atoms with van der Waals surface area (Å²) in [6.45, 7) is -0.318. The van der Waals surface area contributed by atoms with Crippen molar-refractivity contribution in [2.75, 3.05) is 18.5 Å². The molecule has 2 rings (SSSR count). The summed E-state index contributed by atoms with van der Waals surface area (Å²) in [4.78, 5) is 18.7. The maximum atomic E-state index is 13.5. The van der Waals surface area contributed by atoms with Crippen LogP contribution in [-0.4, -0.2) is 34.4 Å². The van der Waals surface area contributed by atoms with Crippen molar-refractivity contribution in [3.8, 4) is 6.01 Å². The summed E-state index contributed by atoms with van der Waals surface area (Å²) in [6, 6.07) is 9.22. The Kier molecular flexibility index (Phi) is 5.61. The zero-order valence-electron chi connectivity index (χ0n) is 11.5. The molecule has 0 radical (unpaired) electrons. The third-order valence-electron chi connectivity index (χ3n) is 2.48. The van der Waals surface area contributed by atoms with Crippen LogP contribution in [0.25, 0.3) is 0 Å². The number of hydrogen-bond donors (Lipinski definition) is 2. The molecule has 0 bridgehead atoms. The van der Waals surface area contributed by atoms with Gasteiger partial charge in [-0.05, 0) is 5.56 Å². The van der Waals surface area contributed by atoms with E-state index in [1.165, 1.54) is 0 Å². The van der Waals surface area contributed by atoms with Gasteiger partial charge in [0.2, 0.25) is 0 Å². The fraction of sp³-hybridized carbons (Fsp3) is 0.214. The number of anilines is 1. The fourth-order valence-corrected chi connectivity index (χ4v) is 1.50. The van der Waals surface area contributed by atoms with Crippen molar-refractivity contribution in [1.29, 1.82) is 0 Å². The average Bonchev–Trinajstić information content (AvgIpc) is 2.54. The van der Waals surface area contributed by atoms with E-state index in [4.69, 9.17) is 9.84 Å². The number of amides is 1. The second kappa shape index (κ2) is 7.89. The number of aromatic nitrogens is 2. The van der Waals surface area contributed by atoms with Crippen molar-refractivity contribution >= 4 is 11.9 Å². The Bertz CT molecular complexity index is 625. The summed E-state index contributed by atoms with van der Waals surface area (Å²) in [5, 5.41) is 10.6. The van der Waals surface area contributed by atoms with Gasteiger partial charge in [-0.1, -0.05) is 30.3 Å². The van der Waals surface area contributed by atoms with Gasteiger partial charge in [0, 0.05) is 0 Å². The van der Waals surface area contributed by atoms with Crippen molar-refractivity contribution in [3.05, 3.63) is 47.9 Å². The Hall–Kier alpha value is -2.74. The number of aliphatic hydroxyl groups excluding tert-OH is 1. The molecule has 22 heavy (non-hydrogen) atoms. The number of benzene rings is 1. The molecule has 0 atom stereocenters. The Morgan fingerprint density at radius 3 is 2.82 bits per heavy atom. The predicted molar refractivity (Wildman–Crippen MR) is 74.8 cm³/mol. The molecule has 0 aliphatic heterocycles. The van der Waals surface area contributed by atoms with Crippen LogP contribution < -0.4 is 10.1 Å². The SMILES string of the molecule is O=C(Nc1nc(OCc2ccccc2)ncc1F)OCCO. The molecule has 2 N–H and O–H groups in total. The highest BCUT2D eigenvalue weighted by Gasteiger charge is 2.12. The van der Waals surface area contributed by atoms with Gasteiger partial charge in [0.15, 0.2) is 11.6 Å². The Labute approximate surface area is 125 Å². The Morgan fingerprint density at radius 2 is 2.09 bits per heavy atom. The topological polar surface area (TPSA) is 93.6 Å². The van der Waals surface area contributed by atoms with Crippen LogP contribution >= 0.6 is 0 Å². The van der Waals surface area contributed by atoms with Crippen LogP contribution in [0.5, 0.6) is 6.01 Å². The van der Waals surface area contributed by atoms with Gasteiger partial charge in [0.05, 0.1) is 12.8 Å². The molecule has 2 aromatic rings. The lowest BCUT2D eigenvalue weighted by Crippen LogP contribution is -2.18. The molecule has 1 amide bonds. The maximum Gasteiger partial charge on any atom is 0.412 e. The first-order valence-corrected chi connectivity index (χ1v) is 6.43. The monoisotopic (exact) mass is 307 g/mol. The van der Waals surface area contributed by atoms with Crippen molar-refractivity contribution in [3.63, 3.8) is 0 Å². The molecule has 0 aliphatic carbocycles. The largest absolute Gasteiger partial charge is 0.459 e. The molecule has 8 heteroatoms. The molecule has 7 nitrogen and oxygen atoms in total. The van der Waals surface area contributed by atoms with Crippen molar-refractivity contribution in [1.82, 2.24) is 9.97 Å². The highest BCUT2D eigenvalue weighted by molar-refractivity contribution is 5.83. The second-order valence-electron chi connectivity index (χ2n) is 4.11. The number of hydrogen-bond acceptors (Lipinski definition) is 6. The first-order valence-electron chi connectivity index (χ1n) is 6.43. The number of halogens is 1. The highest BCUT2D eigenvalue weighted by atomic mass is 19.1. The summed E-state index contributed by atoms with van der Waals surface area (Å²) in [7, 11) is 0. The van der Waals surface area contributed by atoms with E-state index < -0.39 is 11.9 Å². The van der Waals surface area contributed by atoms with Crippen molar-refractivity contribution in [2.45, 2.75) is 6.61 Å². The molecule has 0 saturated heterocycles. The molecule has 0 aliphatic rings. The van der Waals surface area contributed by atoms with Crippen LogP contribution in [0.15, 0.2) is 36.5 Å². The van der Waals surface area contributed by atoms with Gasteiger partial charge in [0.25, 0.3) is 0 Å². The van der Waals surface area contributed by atoms with Crippen molar-refractivity contribution in [2.24, 2.45) is 0 Å². The third-order valence-corrected chi connectivity index (χ3v) is 2.48. The number of nitrogens with zero attached hydrogens (tertiary/aromatic N) is 2. The van der Waals surface area contributed by atoms with Gasteiger partial charge in [0.1, 0.15) is 13.2 Å². The van der Waals surface area contributed by atoms with Crippen LogP contribution in [0.3, 0.4) is 0 Å². The maximum absolute atomic E-state index is 13.5. The molecule has 0 spiro atoms. The summed E-state index contributed by atoms with van der Waals surface area (Å²) >= 11 is 0. The average molecular weight is 307 g/mol. The molecule has 0 saturated carbocycles. The van der Waals surface area contributed by atoms with Crippen LogP contribution in [-0.2, 0) is 11.3 Å². The number of carbonyl (C=O) groups is 1. The van der Waals surface area contributed by atoms with E-state index in [1.54, 1.807) is 0 Å². The Morgan fingerprint density at radius 1 is 1.32 bits per heavy atom. The zero-order chi connectivity index (χ0) is 15.8. The number of ether oxygens (including phenoxy) is 2. The number of aliphatic hydroxyl groups is 1. The summed E-state index contributed by atoms with van der Waals surface area (Å²) in [5.74, 6) is -1.19. The smallest absolute Gasteiger partial charge is 0.412 e. The molecular formula is C14H14FN3O4. The predicted octanol–water partition coefficient (Wildman–Crippen LogP) is 1.74. The number of carbonyl (C=O) groups excluding carboxylic acids is 1. The van der Waals surface area contributed by atoms with E-state index in [-0.39, 0.29) is 31.6 Å². The summed E-state index contributed by atoms with van der Waals surface area (Å²) < 4.78 is 23.4. The quantitative estimate of drug-likeness (QED) is 0.844. The van der Waals surface area contributed by atoms with Gasteiger partial charge in [-0.3, -0.25) is 5.32 Å². The normalized spacial score (nSPS) is 10.1. The van der Waals surface area contributed by atoms with Gasteiger partial charge >= 0.3 is 12.1 Å². The van der Waals surface area contributed by atoms with E-state index in [9.17, 15) is 9.18 Å². The van der Waals surface area contributed by atoms with E-state index >= 15 is 0 Å². The standard InChI is InChI=1S/C14H14FN3O4/c15-11-8-16-13(22-9-10-4-2-1-3-5-10)17-12(11)18-14(20)21-7-6-19/h1-5,8,19H,6-7,9H2,(H,16,17,18,20). The lowest BCUT2D eigenvalue weighted by atomic mass is 10.2. The van der Waals surface area contributed by atoms with Gasteiger partial charge in [-0.15, -0.1) is 0 Å². The Balaban J connectivity index is 1.98. The second-order valence-corrected chi connectivity index (χ2v) is 4.11. The van der Waals surface area contributed by atoms with Crippen LogP contribution in [0.2, 0.25) is 0 Å². The minimum absolute atomic E-state index is 0.0808. The molecule has 0 unspecified atom stereocenters. The van der Waals surface area contributed by atoms with Gasteiger partial charge in [-0.2, -0.15) is 4.98 Å². The van der Waals surface area contributed by atoms with E-state index in [0.29, 0.717) is 0 Å². The summed E-state index contributed by atoms with van der Waals surface area (Å²) in [5.41, 5.74) is 0.896. The van der Waals surface area contributed by atoms with E-state index in [0.717, 1.165) is 11.8 Å². The lowest BCUT2D eigenvalue weighted by Gasteiger charge is -2.08. The highest BCUT2D eigenvalue weighted by Crippen LogP contribution is 2.14. The lowest BCUT2D eigenvalue weighted by molar-refractivity contribution is 0.131. The number of rotatable bonds is 6. The summed E-state index contributed by atoms with van der Waals surface area (Å²) in [6.07, 6.45) is -0.0460. The molecule has 116 valence electrons. The van der Waals surface area contributed by atoms with Crippen LogP contribution in [0.1, 0.15) is 5.56 Å². The zero-order valence-corrected chi connectivity index (χ0v) is 11.5.